The average Bonchev–Trinajstić information content (AvgIpc) is 2.53. The van der Waals surface area contributed by atoms with Gasteiger partial charge >= 0.3 is 0 Å². The van der Waals surface area contributed by atoms with E-state index in [1.807, 2.05) is 0 Å². The summed E-state index contributed by atoms with van der Waals surface area (Å²) in [6, 6.07) is 0. The lowest BCUT2D eigenvalue weighted by Gasteiger charge is -2.21. The van der Waals surface area contributed by atoms with Gasteiger partial charge in [-0.3, -0.25) is 4.68 Å². The Balaban J connectivity index is 2.26. The van der Waals surface area contributed by atoms with E-state index in [1.54, 1.807) is 6.20 Å². The Bertz CT molecular complexity index is 364. The molecule has 0 radical (unpaired) electrons. The van der Waals surface area contributed by atoms with Crippen molar-refractivity contribution in [2.75, 3.05) is 0 Å². The lowest BCUT2D eigenvalue weighted by molar-refractivity contribution is 0.510. The van der Waals surface area contributed by atoms with Crippen molar-refractivity contribution in [3.63, 3.8) is 0 Å². The largest absolute Gasteiger partial charge is 0.268 e. The van der Waals surface area contributed by atoms with Gasteiger partial charge in [0, 0.05) is 17.3 Å². The first-order chi connectivity index (χ1) is 8.24. The van der Waals surface area contributed by atoms with Crippen LogP contribution < -0.4 is 0 Å². The molecule has 0 bridgehead atoms. The molecule has 0 N–H and O–H groups in total. The molecule has 1 aromatic heterocycles. The molecule has 1 saturated carbocycles. The van der Waals surface area contributed by atoms with Crippen LogP contribution in [0.3, 0.4) is 0 Å². The highest BCUT2D eigenvalue weighted by molar-refractivity contribution is 9.09. The summed E-state index contributed by atoms with van der Waals surface area (Å²) >= 11 is 10.2. The minimum atomic E-state index is 0.527. The lowest BCUT2D eigenvalue weighted by Crippen LogP contribution is -2.16. The van der Waals surface area contributed by atoms with Crippen LogP contribution in [0.4, 0.5) is 0 Å². The minimum absolute atomic E-state index is 0.527. The van der Waals surface area contributed by atoms with Crippen molar-refractivity contribution in [1.29, 1.82) is 0 Å². The Morgan fingerprint density at radius 1 is 1.41 bits per heavy atom. The summed E-state index contributed by atoms with van der Waals surface area (Å²) in [5.41, 5.74) is 1.25. The molecule has 1 heterocycles. The predicted molar refractivity (Wildman–Crippen MR) is 76.1 cm³/mol. The molecule has 1 aliphatic carbocycles. The highest BCUT2D eigenvalue weighted by atomic mass is 79.9. The number of hydrogen-bond donors (Lipinski definition) is 0. The number of aromatic nitrogens is 2. The van der Waals surface area contributed by atoms with E-state index < -0.39 is 0 Å². The van der Waals surface area contributed by atoms with Gasteiger partial charge < -0.3 is 0 Å². The Morgan fingerprint density at radius 3 is 2.94 bits per heavy atom. The normalized spacial score (nSPS) is 25.8. The van der Waals surface area contributed by atoms with E-state index in [0.29, 0.717) is 10.7 Å². The van der Waals surface area contributed by atoms with Gasteiger partial charge in [-0.15, -0.1) is 0 Å². The number of hydrogen-bond acceptors (Lipinski definition) is 1. The van der Waals surface area contributed by atoms with Gasteiger partial charge in [0.05, 0.1) is 16.9 Å². The van der Waals surface area contributed by atoms with E-state index >= 15 is 0 Å². The summed E-state index contributed by atoms with van der Waals surface area (Å²) in [7, 11) is 0. The van der Waals surface area contributed by atoms with E-state index in [-0.39, 0.29) is 0 Å². The van der Waals surface area contributed by atoms with Crippen LogP contribution >= 0.6 is 27.5 Å². The van der Waals surface area contributed by atoms with Gasteiger partial charge in [0.1, 0.15) is 0 Å². The van der Waals surface area contributed by atoms with Crippen LogP contribution in [-0.4, -0.2) is 14.6 Å². The van der Waals surface area contributed by atoms with Crippen molar-refractivity contribution >= 4 is 27.5 Å². The first kappa shape index (κ1) is 13.4. The molecule has 2 atom stereocenters. The monoisotopic (exact) mass is 318 g/mol. The Morgan fingerprint density at radius 2 is 2.18 bits per heavy atom. The fraction of sp³-hybridized carbons (Fsp3) is 0.769. The van der Waals surface area contributed by atoms with Crippen LogP contribution in [0.25, 0.3) is 0 Å². The summed E-state index contributed by atoms with van der Waals surface area (Å²) in [5.74, 6) is 0.527. The number of rotatable bonds is 3. The highest BCUT2D eigenvalue weighted by Gasteiger charge is 2.27. The molecule has 0 amide bonds. The van der Waals surface area contributed by atoms with Gasteiger partial charge in [-0.25, -0.2) is 0 Å². The molecule has 2 nitrogen and oxygen atoms in total. The zero-order valence-electron chi connectivity index (χ0n) is 10.3. The predicted octanol–water partition coefficient (Wildman–Crippen LogP) is 4.76. The van der Waals surface area contributed by atoms with E-state index in [9.17, 15) is 0 Å². The molecule has 1 fully saturated rings. The van der Waals surface area contributed by atoms with E-state index in [0.717, 1.165) is 18.0 Å². The maximum Gasteiger partial charge on any atom is 0.0821 e. The Labute approximate surface area is 117 Å². The third kappa shape index (κ3) is 3.05. The number of halogens is 2. The number of aryl methyl sites for hydroxylation is 1. The summed E-state index contributed by atoms with van der Waals surface area (Å²) in [4.78, 5) is 0.551. The molecule has 2 rings (SSSR count). The molecule has 0 aromatic carbocycles. The van der Waals surface area contributed by atoms with Crippen molar-refractivity contribution in [1.82, 2.24) is 9.78 Å². The third-order valence-electron chi connectivity index (χ3n) is 3.55. The average molecular weight is 320 g/mol. The van der Waals surface area contributed by atoms with Crippen molar-refractivity contribution in [2.24, 2.45) is 0 Å². The zero-order valence-corrected chi connectivity index (χ0v) is 12.7. The first-order valence-electron chi connectivity index (χ1n) is 6.59. The third-order valence-corrected chi connectivity index (χ3v) is 4.94. The van der Waals surface area contributed by atoms with Gasteiger partial charge in [-0.2, -0.15) is 5.10 Å². The quantitative estimate of drug-likeness (QED) is 0.580. The zero-order chi connectivity index (χ0) is 12.3. The second-order valence-electron chi connectivity index (χ2n) is 4.86. The second-order valence-corrected chi connectivity index (χ2v) is 6.44. The molecule has 96 valence electrons. The first-order valence-corrected chi connectivity index (χ1v) is 7.88. The van der Waals surface area contributed by atoms with Gasteiger partial charge in [0.25, 0.3) is 0 Å². The SMILES string of the molecule is CCCn1ncc(Cl)c1C1CCCCCC1Br. The Hall–Kier alpha value is -0.0200. The van der Waals surface area contributed by atoms with Crippen LogP contribution in [0.1, 0.15) is 57.1 Å². The maximum atomic E-state index is 6.33. The van der Waals surface area contributed by atoms with Gasteiger partial charge in [0.15, 0.2) is 0 Å². The van der Waals surface area contributed by atoms with Gasteiger partial charge in [-0.1, -0.05) is 53.7 Å². The molecule has 1 aliphatic rings. The van der Waals surface area contributed by atoms with Crippen molar-refractivity contribution < 1.29 is 0 Å². The second kappa shape index (κ2) is 6.24. The summed E-state index contributed by atoms with van der Waals surface area (Å²) in [6.45, 7) is 3.15. The fourth-order valence-corrected chi connectivity index (χ4v) is 3.82. The van der Waals surface area contributed by atoms with Crippen LogP contribution in [0.5, 0.6) is 0 Å². The summed E-state index contributed by atoms with van der Waals surface area (Å²) < 4.78 is 2.10. The molecule has 0 spiro atoms. The summed E-state index contributed by atoms with van der Waals surface area (Å²) in [6.07, 6.45) is 9.36. The molecule has 2 unspecified atom stereocenters. The maximum absolute atomic E-state index is 6.33. The van der Waals surface area contributed by atoms with E-state index in [2.05, 4.69) is 32.6 Å². The van der Waals surface area contributed by atoms with Crippen LogP contribution in [0.15, 0.2) is 6.20 Å². The van der Waals surface area contributed by atoms with Crippen molar-refractivity contribution in [2.45, 2.75) is 62.7 Å². The number of alkyl halides is 1. The standard InChI is InChI=1S/C13H20BrClN2/c1-2-8-17-13(12(15)9-16-17)10-6-4-3-5-7-11(10)14/h9-11H,2-8H2,1H3. The molecule has 1 aromatic rings. The smallest absolute Gasteiger partial charge is 0.0821 e. The van der Waals surface area contributed by atoms with Gasteiger partial charge in [-0.05, 0) is 19.3 Å². The van der Waals surface area contributed by atoms with Crippen LogP contribution in [-0.2, 0) is 6.54 Å². The van der Waals surface area contributed by atoms with Crippen molar-refractivity contribution in [3.05, 3.63) is 16.9 Å². The summed E-state index contributed by atoms with van der Waals surface area (Å²) in [5, 5.41) is 5.25. The lowest BCUT2D eigenvalue weighted by atomic mass is 9.96. The Kier molecular flexibility index (Phi) is 4.92. The molecular formula is C13H20BrClN2. The topological polar surface area (TPSA) is 17.8 Å². The van der Waals surface area contributed by atoms with Crippen LogP contribution in [0, 0.1) is 0 Å². The van der Waals surface area contributed by atoms with E-state index in [1.165, 1.54) is 37.8 Å². The van der Waals surface area contributed by atoms with Gasteiger partial charge in [0.2, 0.25) is 0 Å². The number of nitrogens with zero attached hydrogens (tertiary/aromatic N) is 2. The van der Waals surface area contributed by atoms with Crippen LogP contribution in [0.2, 0.25) is 5.02 Å². The minimum Gasteiger partial charge on any atom is -0.268 e. The molecule has 4 heteroatoms. The highest BCUT2D eigenvalue weighted by Crippen LogP contribution is 2.39. The van der Waals surface area contributed by atoms with Crippen molar-refractivity contribution in [3.8, 4) is 0 Å². The molecule has 17 heavy (non-hydrogen) atoms. The van der Waals surface area contributed by atoms with E-state index in [4.69, 9.17) is 11.6 Å². The molecule has 0 saturated heterocycles. The fourth-order valence-electron chi connectivity index (χ4n) is 2.70. The molecule has 0 aliphatic heterocycles. The molecular weight excluding hydrogens is 300 g/mol.